The van der Waals surface area contributed by atoms with Gasteiger partial charge in [0, 0.05) is 6.54 Å². The maximum absolute atomic E-state index is 5.66. The second-order valence-corrected chi connectivity index (χ2v) is 5.50. The van der Waals surface area contributed by atoms with E-state index in [0.29, 0.717) is 6.61 Å². The van der Waals surface area contributed by atoms with Gasteiger partial charge in [0.05, 0.1) is 13.2 Å². The van der Waals surface area contributed by atoms with E-state index in [-0.39, 0.29) is 0 Å². The van der Waals surface area contributed by atoms with Crippen molar-refractivity contribution in [3.63, 3.8) is 0 Å². The SMILES string of the molecule is CCCOc1cccc(CNCCc2ccc(OCC)cc2)c1. The van der Waals surface area contributed by atoms with Crippen LogP contribution < -0.4 is 14.8 Å². The normalized spacial score (nSPS) is 10.5. The van der Waals surface area contributed by atoms with Crippen molar-refractivity contribution in [2.24, 2.45) is 0 Å². The molecule has 2 aromatic carbocycles. The Morgan fingerprint density at radius 3 is 2.43 bits per heavy atom. The fourth-order valence-corrected chi connectivity index (χ4v) is 2.35. The lowest BCUT2D eigenvalue weighted by molar-refractivity contribution is 0.317. The highest BCUT2D eigenvalue weighted by Crippen LogP contribution is 2.14. The maximum atomic E-state index is 5.66. The molecule has 0 aliphatic carbocycles. The third-order valence-electron chi connectivity index (χ3n) is 3.53. The van der Waals surface area contributed by atoms with E-state index in [9.17, 15) is 0 Å². The number of benzene rings is 2. The molecular weight excluding hydrogens is 286 g/mol. The first kappa shape index (κ1) is 17.4. The minimum absolute atomic E-state index is 0.710. The molecule has 0 amide bonds. The molecule has 3 nitrogen and oxygen atoms in total. The van der Waals surface area contributed by atoms with Crippen LogP contribution in [0, 0.1) is 0 Å². The molecule has 0 aliphatic heterocycles. The quantitative estimate of drug-likeness (QED) is 0.667. The van der Waals surface area contributed by atoms with Crippen molar-refractivity contribution in [2.45, 2.75) is 33.2 Å². The van der Waals surface area contributed by atoms with Crippen LogP contribution in [0.15, 0.2) is 48.5 Å². The van der Waals surface area contributed by atoms with Crippen molar-refractivity contribution < 1.29 is 9.47 Å². The zero-order chi connectivity index (χ0) is 16.3. The molecule has 2 aromatic rings. The molecule has 3 heteroatoms. The average molecular weight is 313 g/mol. The predicted octanol–water partition coefficient (Wildman–Crippen LogP) is 4.21. The summed E-state index contributed by atoms with van der Waals surface area (Å²) in [6.45, 7) is 7.41. The highest BCUT2D eigenvalue weighted by molar-refractivity contribution is 5.29. The smallest absolute Gasteiger partial charge is 0.119 e. The molecular formula is C20H27NO2. The van der Waals surface area contributed by atoms with Gasteiger partial charge in [-0.1, -0.05) is 31.2 Å². The highest BCUT2D eigenvalue weighted by Gasteiger charge is 1.98. The first-order valence-corrected chi connectivity index (χ1v) is 8.46. The van der Waals surface area contributed by atoms with E-state index in [4.69, 9.17) is 9.47 Å². The molecule has 0 atom stereocenters. The fourth-order valence-electron chi connectivity index (χ4n) is 2.35. The molecule has 23 heavy (non-hydrogen) atoms. The zero-order valence-corrected chi connectivity index (χ0v) is 14.2. The lowest BCUT2D eigenvalue weighted by atomic mass is 10.1. The highest BCUT2D eigenvalue weighted by atomic mass is 16.5. The summed E-state index contributed by atoms with van der Waals surface area (Å²) in [6.07, 6.45) is 2.04. The van der Waals surface area contributed by atoms with Crippen molar-refractivity contribution in [3.8, 4) is 11.5 Å². The van der Waals surface area contributed by atoms with Crippen molar-refractivity contribution in [2.75, 3.05) is 19.8 Å². The topological polar surface area (TPSA) is 30.5 Å². The van der Waals surface area contributed by atoms with Gasteiger partial charge in [-0.3, -0.25) is 0 Å². The number of rotatable bonds is 10. The predicted molar refractivity (Wildman–Crippen MR) is 95.2 cm³/mol. The van der Waals surface area contributed by atoms with Gasteiger partial charge in [-0.05, 0) is 61.7 Å². The van der Waals surface area contributed by atoms with Crippen LogP contribution in [0.2, 0.25) is 0 Å². The molecule has 2 rings (SSSR count). The Hall–Kier alpha value is -2.00. The van der Waals surface area contributed by atoms with Crippen LogP contribution in [0.5, 0.6) is 11.5 Å². The Morgan fingerprint density at radius 1 is 0.870 bits per heavy atom. The van der Waals surface area contributed by atoms with E-state index in [1.807, 2.05) is 25.1 Å². The van der Waals surface area contributed by atoms with Gasteiger partial charge in [0.2, 0.25) is 0 Å². The van der Waals surface area contributed by atoms with Gasteiger partial charge >= 0.3 is 0 Å². The van der Waals surface area contributed by atoms with Gasteiger partial charge in [0.15, 0.2) is 0 Å². The number of hydrogen-bond acceptors (Lipinski definition) is 3. The van der Waals surface area contributed by atoms with Crippen molar-refractivity contribution in [1.29, 1.82) is 0 Å². The van der Waals surface area contributed by atoms with E-state index in [0.717, 1.165) is 44.0 Å². The Morgan fingerprint density at radius 2 is 1.70 bits per heavy atom. The van der Waals surface area contributed by atoms with E-state index in [1.54, 1.807) is 0 Å². The molecule has 0 saturated carbocycles. The van der Waals surface area contributed by atoms with E-state index < -0.39 is 0 Å². The number of nitrogens with one attached hydrogen (secondary N) is 1. The number of ether oxygens (including phenoxy) is 2. The van der Waals surface area contributed by atoms with Crippen molar-refractivity contribution in [1.82, 2.24) is 5.32 Å². The molecule has 0 unspecified atom stereocenters. The summed E-state index contributed by atoms with van der Waals surface area (Å²) in [5, 5.41) is 3.49. The minimum atomic E-state index is 0.710. The number of hydrogen-bond donors (Lipinski definition) is 1. The second-order valence-electron chi connectivity index (χ2n) is 5.50. The average Bonchev–Trinajstić information content (AvgIpc) is 2.59. The van der Waals surface area contributed by atoms with Gasteiger partial charge in [-0.2, -0.15) is 0 Å². The largest absolute Gasteiger partial charge is 0.494 e. The first-order chi connectivity index (χ1) is 11.3. The summed E-state index contributed by atoms with van der Waals surface area (Å²) < 4.78 is 11.1. The van der Waals surface area contributed by atoms with Crippen LogP contribution in [0.4, 0.5) is 0 Å². The third kappa shape index (κ3) is 6.33. The van der Waals surface area contributed by atoms with Crippen molar-refractivity contribution >= 4 is 0 Å². The molecule has 0 saturated heterocycles. The molecule has 0 aromatic heterocycles. The maximum Gasteiger partial charge on any atom is 0.119 e. The van der Waals surface area contributed by atoms with Gasteiger partial charge < -0.3 is 14.8 Å². The third-order valence-corrected chi connectivity index (χ3v) is 3.53. The minimum Gasteiger partial charge on any atom is -0.494 e. The molecule has 0 fully saturated rings. The standard InChI is InChI=1S/C20H27NO2/c1-3-14-23-20-7-5-6-18(15-20)16-21-13-12-17-8-10-19(11-9-17)22-4-2/h5-11,15,21H,3-4,12-14,16H2,1-2H3. The Balaban J connectivity index is 1.72. The van der Waals surface area contributed by atoms with Crippen LogP contribution in [-0.2, 0) is 13.0 Å². The van der Waals surface area contributed by atoms with E-state index in [1.165, 1.54) is 11.1 Å². The fraction of sp³-hybridized carbons (Fsp3) is 0.400. The van der Waals surface area contributed by atoms with Gasteiger partial charge in [0.25, 0.3) is 0 Å². The summed E-state index contributed by atoms with van der Waals surface area (Å²) in [5.41, 5.74) is 2.58. The van der Waals surface area contributed by atoms with Gasteiger partial charge in [-0.25, -0.2) is 0 Å². The van der Waals surface area contributed by atoms with Crippen molar-refractivity contribution in [3.05, 3.63) is 59.7 Å². The van der Waals surface area contributed by atoms with Crippen LogP contribution >= 0.6 is 0 Å². The zero-order valence-electron chi connectivity index (χ0n) is 14.2. The van der Waals surface area contributed by atoms with Gasteiger partial charge in [0.1, 0.15) is 11.5 Å². The molecule has 0 bridgehead atoms. The van der Waals surface area contributed by atoms with Gasteiger partial charge in [-0.15, -0.1) is 0 Å². The molecule has 1 N–H and O–H groups in total. The van der Waals surface area contributed by atoms with Crippen LogP contribution in [0.25, 0.3) is 0 Å². The van der Waals surface area contributed by atoms with Crippen LogP contribution in [-0.4, -0.2) is 19.8 Å². The van der Waals surface area contributed by atoms with E-state index >= 15 is 0 Å². The van der Waals surface area contributed by atoms with E-state index in [2.05, 4.69) is 42.6 Å². The monoisotopic (exact) mass is 313 g/mol. The molecule has 0 radical (unpaired) electrons. The Bertz CT molecular complexity index is 566. The summed E-state index contributed by atoms with van der Waals surface area (Å²) in [4.78, 5) is 0. The molecule has 124 valence electrons. The first-order valence-electron chi connectivity index (χ1n) is 8.46. The summed E-state index contributed by atoms with van der Waals surface area (Å²) in [6, 6.07) is 16.6. The molecule has 0 spiro atoms. The molecule has 0 aliphatic rings. The second kappa shape index (κ2) is 9.90. The summed E-state index contributed by atoms with van der Waals surface area (Å²) in [5.74, 6) is 1.89. The van der Waals surface area contributed by atoms with Crippen LogP contribution in [0.1, 0.15) is 31.4 Å². The lowest BCUT2D eigenvalue weighted by Crippen LogP contribution is -2.16. The lowest BCUT2D eigenvalue weighted by Gasteiger charge is -2.09. The Labute approximate surface area is 139 Å². The molecule has 0 heterocycles. The summed E-state index contributed by atoms with van der Waals surface area (Å²) >= 11 is 0. The van der Waals surface area contributed by atoms with Crippen LogP contribution in [0.3, 0.4) is 0 Å². The summed E-state index contributed by atoms with van der Waals surface area (Å²) in [7, 11) is 0. The Kier molecular flexibility index (Phi) is 7.47.